The van der Waals surface area contributed by atoms with Gasteiger partial charge < -0.3 is 20.3 Å². The topological polar surface area (TPSA) is 81.8 Å². The minimum absolute atomic E-state index is 0.160. The normalized spacial score (nSPS) is 12.4. The number of rotatable bonds is 2. The van der Waals surface area contributed by atoms with Gasteiger partial charge in [0, 0.05) is 5.69 Å². The van der Waals surface area contributed by atoms with E-state index < -0.39 is 5.97 Å². The fourth-order valence-corrected chi connectivity index (χ4v) is 2.02. The van der Waals surface area contributed by atoms with Gasteiger partial charge in [-0.2, -0.15) is 0 Å². The van der Waals surface area contributed by atoms with Crippen LogP contribution in [0.1, 0.15) is 10.4 Å². The molecule has 96 valence electrons. The maximum absolute atomic E-state index is 11.0. The lowest BCUT2D eigenvalue weighted by Crippen LogP contribution is -1.98. The predicted octanol–water partition coefficient (Wildman–Crippen LogP) is 2.36. The summed E-state index contributed by atoms with van der Waals surface area (Å²) in [4.78, 5) is 11.0. The van der Waals surface area contributed by atoms with Crippen LogP contribution in [0.5, 0.6) is 11.5 Å². The summed E-state index contributed by atoms with van der Waals surface area (Å²) < 4.78 is 10.5. The number of nitrogens with two attached hydrogens (primary N) is 1. The third-order valence-electron chi connectivity index (χ3n) is 2.91. The number of fused-ring (bicyclic) bond motifs is 1. The number of carboxylic acid groups (broad SMARTS) is 1. The van der Waals surface area contributed by atoms with Gasteiger partial charge in [-0.3, -0.25) is 0 Å². The zero-order valence-corrected chi connectivity index (χ0v) is 9.92. The Balaban J connectivity index is 2.09. The zero-order valence-electron chi connectivity index (χ0n) is 9.92. The Hall–Kier alpha value is -2.69. The third-order valence-corrected chi connectivity index (χ3v) is 2.91. The SMILES string of the molecule is Nc1cc(C(=O)O)cc(-c2ccc3c(c2)OCO3)c1. The van der Waals surface area contributed by atoms with E-state index in [4.69, 9.17) is 20.3 Å². The van der Waals surface area contributed by atoms with Gasteiger partial charge in [0.1, 0.15) is 0 Å². The van der Waals surface area contributed by atoms with E-state index in [9.17, 15) is 4.79 Å². The van der Waals surface area contributed by atoms with Crippen molar-refractivity contribution in [2.45, 2.75) is 0 Å². The van der Waals surface area contributed by atoms with Crippen LogP contribution in [0.25, 0.3) is 11.1 Å². The Morgan fingerprint density at radius 2 is 1.84 bits per heavy atom. The van der Waals surface area contributed by atoms with Crippen LogP contribution in [-0.2, 0) is 0 Å². The molecule has 0 radical (unpaired) electrons. The van der Waals surface area contributed by atoms with E-state index in [0.717, 1.165) is 11.1 Å². The molecule has 5 heteroatoms. The first-order chi connectivity index (χ1) is 9.13. The summed E-state index contributed by atoms with van der Waals surface area (Å²) in [5.74, 6) is 0.331. The van der Waals surface area contributed by atoms with Gasteiger partial charge in [0.2, 0.25) is 6.79 Å². The molecular formula is C14H11NO4. The third kappa shape index (κ3) is 2.06. The number of anilines is 1. The summed E-state index contributed by atoms with van der Waals surface area (Å²) in [6.07, 6.45) is 0. The molecule has 3 rings (SSSR count). The molecule has 0 aliphatic carbocycles. The first-order valence-corrected chi connectivity index (χ1v) is 5.67. The van der Waals surface area contributed by atoms with Gasteiger partial charge in [-0.15, -0.1) is 0 Å². The van der Waals surface area contributed by atoms with Crippen molar-refractivity contribution in [3.05, 3.63) is 42.0 Å². The molecular weight excluding hydrogens is 246 g/mol. The standard InChI is InChI=1S/C14H11NO4/c15-11-4-9(3-10(5-11)14(16)17)8-1-2-12-13(6-8)19-7-18-12/h1-6H,7,15H2,(H,16,17). The van der Waals surface area contributed by atoms with Crippen LogP contribution in [0.15, 0.2) is 36.4 Å². The molecule has 3 N–H and O–H groups in total. The van der Waals surface area contributed by atoms with Crippen molar-refractivity contribution < 1.29 is 19.4 Å². The Morgan fingerprint density at radius 1 is 1.05 bits per heavy atom. The minimum Gasteiger partial charge on any atom is -0.478 e. The smallest absolute Gasteiger partial charge is 0.335 e. The number of benzene rings is 2. The molecule has 5 nitrogen and oxygen atoms in total. The maximum atomic E-state index is 11.0. The van der Waals surface area contributed by atoms with Crippen molar-refractivity contribution in [1.29, 1.82) is 0 Å². The quantitative estimate of drug-likeness (QED) is 0.807. The van der Waals surface area contributed by atoms with E-state index in [-0.39, 0.29) is 12.4 Å². The van der Waals surface area contributed by atoms with Gasteiger partial charge in [0.25, 0.3) is 0 Å². The predicted molar refractivity (Wildman–Crippen MR) is 69.4 cm³/mol. The lowest BCUT2D eigenvalue weighted by molar-refractivity contribution is 0.0697. The minimum atomic E-state index is -1.01. The van der Waals surface area contributed by atoms with E-state index in [2.05, 4.69) is 0 Å². The number of nitrogen functional groups attached to an aromatic ring is 1. The average molecular weight is 257 g/mol. The highest BCUT2D eigenvalue weighted by Crippen LogP contribution is 2.36. The monoisotopic (exact) mass is 257 g/mol. The van der Waals surface area contributed by atoms with Gasteiger partial charge >= 0.3 is 5.97 Å². The zero-order chi connectivity index (χ0) is 13.4. The molecule has 0 saturated carbocycles. The van der Waals surface area contributed by atoms with Crippen molar-refractivity contribution >= 4 is 11.7 Å². The second-order valence-electron chi connectivity index (χ2n) is 4.22. The van der Waals surface area contributed by atoms with Crippen LogP contribution < -0.4 is 15.2 Å². The first kappa shape index (κ1) is 11.4. The summed E-state index contributed by atoms with van der Waals surface area (Å²) in [7, 11) is 0. The van der Waals surface area contributed by atoms with Gasteiger partial charge in [-0.1, -0.05) is 6.07 Å². The summed E-state index contributed by atoms with van der Waals surface area (Å²) in [5.41, 5.74) is 7.86. The highest BCUT2D eigenvalue weighted by molar-refractivity contribution is 5.91. The Kier molecular flexibility index (Phi) is 2.52. The molecule has 19 heavy (non-hydrogen) atoms. The number of hydrogen-bond acceptors (Lipinski definition) is 4. The van der Waals surface area contributed by atoms with Crippen molar-refractivity contribution in [3.63, 3.8) is 0 Å². The molecule has 1 aliphatic rings. The van der Waals surface area contributed by atoms with Gasteiger partial charge in [0.05, 0.1) is 5.56 Å². The van der Waals surface area contributed by atoms with Crippen LogP contribution in [0.3, 0.4) is 0 Å². The summed E-state index contributed by atoms with van der Waals surface area (Å²) in [5, 5.41) is 9.04. The number of ether oxygens (including phenoxy) is 2. The fourth-order valence-electron chi connectivity index (χ4n) is 2.02. The first-order valence-electron chi connectivity index (χ1n) is 5.67. The Morgan fingerprint density at radius 3 is 2.63 bits per heavy atom. The number of carboxylic acids is 1. The molecule has 1 heterocycles. The van der Waals surface area contributed by atoms with Crippen molar-refractivity contribution in [3.8, 4) is 22.6 Å². The lowest BCUT2D eigenvalue weighted by Gasteiger charge is -2.06. The second kappa shape index (κ2) is 4.20. The Bertz CT molecular complexity index is 666. The summed E-state index contributed by atoms with van der Waals surface area (Å²) in [6.45, 7) is 0.204. The van der Waals surface area contributed by atoms with Crippen LogP contribution in [0.2, 0.25) is 0 Å². The van der Waals surface area contributed by atoms with Gasteiger partial charge in [-0.05, 0) is 41.5 Å². The number of hydrogen-bond donors (Lipinski definition) is 2. The van der Waals surface area contributed by atoms with Crippen LogP contribution in [0, 0.1) is 0 Å². The molecule has 2 aromatic carbocycles. The molecule has 2 aromatic rings. The van der Waals surface area contributed by atoms with E-state index in [1.807, 2.05) is 12.1 Å². The maximum Gasteiger partial charge on any atom is 0.335 e. The molecule has 0 fully saturated rings. The molecule has 0 saturated heterocycles. The molecule has 0 bridgehead atoms. The molecule has 0 aromatic heterocycles. The fraction of sp³-hybridized carbons (Fsp3) is 0.0714. The van der Waals surface area contributed by atoms with Crippen molar-refractivity contribution in [2.75, 3.05) is 12.5 Å². The van der Waals surface area contributed by atoms with E-state index in [1.54, 1.807) is 18.2 Å². The summed E-state index contributed by atoms with van der Waals surface area (Å²) >= 11 is 0. The highest BCUT2D eigenvalue weighted by Gasteiger charge is 2.15. The van der Waals surface area contributed by atoms with Crippen molar-refractivity contribution in [1.82, 2.24) is 0 Å². The van der Waals surface area contributed by atoms with Crippen LogP contribution in [-0.4, -0.2) is 17.9 Å². The second-order valence-corrected chi connectivity index (χ2v) is 4.22. The number of aromatic carboxylic acids is 1. The van der Waals surface area contributed by atoms with Gasteiger partial charge in [0.15, 0.2) is 11.5 Å². The largest absolute Gasteiger partial charge is 0.478 e. The lowest BCUT2D eigenvalue weighted by atomic mass is 10.0. The Labute approximate surface area is 109 Å². The molecule has 0 unspecified atom stereocenters. The molecule has 0 spiro atoms. The summed E-state index contributed by atoms with van der Waals surface area (Å²) in [6, 6.07) is 10.2. The van der Waals surface area contributed by atoms with E-state index >= 15 is 0 Å². The van der Waals surface area contributed by atoms with Gasteiger partial charge in [-0.25, -0.2) is 4.79 Å². The molecule has 0 amide bonds. The van der Waals surface area contributed by atoms with E-state index in [1.165, 1.54) is 6.07 Å². The van der Waals surface area contributed by atoms with Crippen molar-refractivity contribution in [2.24, 2.45) is 0 Å². The van der Waals surface area contributed by atoms with E-state index in [0.29, 0.717) is 17.2 Å². The van der Waals surface area contributed by atoms with Crippen LogP contribution in [0.4, 0.5) is 5.69 Å². The van der Waals surface area contributed by atoms with Crippen LogP contribution >= 0.6 is 0 Å². The average Bonchev–Trinajstić information content (AvgIpc) is 2.85. The molecule has 1 aliphatic heterocycles. The molecule has 0 atom stereocenters. The number of carbonyl (C=O) groups is 1. The highest BCUT2D eigenvalue weighted by atomic mass is 16.7.